The Hall–Kier alpha value is -0.870. The molecule has 110 valence electrons. The van der Waals surface area contributed by atoms with Crippen molar-refractivity contribution in [1.29, 1.82) is 0 Å². The van der Waals surface area contributed by atoms with Crippen molar-refractivity contribution in [2.45, 2.75) is 50.3 Å². The highest BCUT2D eigenvalue weighted by Crippen LogP contribution is 2.37. The second-order valence-electron chi connectivity index (χ2n) is 6.11. The number of nitrogens with zero attached hydrogens (tertiary/aromatic N) is 1. The Labute approximate surface area is 122 Å². The van der Waals surface area contributed by atoms with Gasteiger partial charge < -0.3 is 0 Å². The third kappa shape index (κ3) is 2.91. The van der Waals surface area contributed by atoms with Gasteiger partial charge in [-0.3, -0.25) is 0 Å². The predicted molar refractivity (Wildman–Crippen MR) is 80.8 cm³/mol. The quantitative estimate of drug-likeness (QED) is 0.855. The summed E-state index contributed by atoms with van der Waals surface area (Å²) in [6.07, 6.45) is 7.04. The Balaban J connectivity index is 1.76. The first-order valence-corrected chi connectivity index (χ1v) is 9.31. The van der Waals surface area contributed by atoms with Gasteiger partial charge in [-0.15, -0.1) is 0 Å². The molecule has 2 fully saturated rings. The largest absolute Gasteiger partial charge is 0.218 e. The Morgan fingerprint density at radius 1 is 1.00 bits per heavy atom. The van der Waals surface area contributed by atoms with Crippen LogP contribution in [0.15, 0.2) is 30.3 Å². The molecular formula is C16H23NO2S. The maximum atomic E-state index is 12.7. The highest BCUT2D eigenvalue weighted by atomic mass is 32.2. The van der Waals surface area contributed by atoms with Crippen LogP contribution in [0, 0.1) is 5.92 Å². The Morgan fingerprint density at radius 2 is 1.70 bits per heavy atom. The van der Waals surface area contributed by atoms with E-state index in [0.29, 0.717) is 5.92 Å². The fourth-order valence-corrected chi connectivity index (χ4v) is 5.67. The molecule has 0 aromatic heterocycles. The van der Waals surface area contributed by atoms with E-state index in [1.54, 1.807) is 0 Å². The van der Waals surface area contributed by atoms with Gasteiger partial charge in [-0.1, -0.05) is 43.2 Å². The van der Waals surface area contributed by atoms with Crippen molar-refractivity contribution in [3.8, 4) is 0 Å². The molecule has 4 heteroatoms. The molecule has 0 radical (unpaired) electrons. The highest BCUT2D eigenvalue weighted by Gasteiger charge is 2.39. The lowest BCUT2D eigenvalue weighted by atomic mass is 9.97. The summed E-state index contributed by atoms with van der Waals surface area (Å²) in [5.41, 5.74) is 0.893. The van der Waals surface area contributed by atoms with Crippen molar-refractivity contribution in [3.63, 3.8) is 0 Å². The summed E-state index contributed by atoms with van der Waals surface area (Å²) in [7, 11) is -3.17. The average Bonchev–Trinajstić information content (AvgIpc) is 3.10. The van der Waals surface area contributed by atoms with Crippen LogP contribution in [0.2, 0.25) is 0 Å². The molecule has 20 heavy (non-hydrogen) atoms. The second-order valence-corrected chi connectivity index (χ2v) is 8.03. The lowest BCUT2D eigenvalue weighted by Crippen LogP contribution is -2.40. The number of sulfonamides is 1. The van der Waals surface area contributed by atoms with E-state index in [1.807, 2.05) is 34.6 Å². The Morgan fingerprint density at radius 3 is 2.40 bits per heavy atom. The van der Waals surface area contributed by atoms with Crippen LogP contribution in [-0.4, -0.2) is 25.3 Å². The van der Waals surface area contributed by atoms with Crippen molar-refractivity contribution in [3.05, 3.63) is 35.9 Å². The van der Waals surface area contributed by atoms with E-state index in [2.05, 4.69) is 0 Å². The Bertz CT molecular complexity index is 535. The van der Waals surface area contributed by atoms with E-state index in [1.165, 1.54) is 25.7 Å². The molecule has 2 aliphatic rings. The van der Waals surface area contributed by atoms with Gasteiger partial charge in [0.2, 0.25) is 10.0 Å². The van der Waals surface area contributed by atoms with E-state index >= 15 is 0 Å². The number of rotatable bonds is 4. The fourth-order valence-electron chi connectivity index (χ4n) is 3.79. The molecule has 0 spiro atoms. The molecule has 3 rings (SSSR count). The van der Waals surface area contributed by atoms with Gasteiger partial charge in [-0.2, -0.15) is 4.31 Å². The van der Waals surface area contributed by atoms with E-state index in [4.69, 9.17) is 0 Å². The summed E-state index contributed by atoms with van der Waals surface area (Å²) in [6, 6.07) is 9.81. The number of benzene rings is 1. The van der Waals surface area contributed by atoms with Crippen molar-refractivity contribution in [2.75, 3.05) is 6.54 Å². The SMILES string of the molecule is O=S(=O)(Cc1ccccc1)N1CCCC1C1CCCC1. The van der Waals surface area contributed by atoms with Crippen LogP contribution < -0.4 is 0 Å². The molecule has 0 amide bonds. The van der Waals surface area contributed by atoms with Crippen molar-refractivity contribution >= 4 is 10.0 Å². The minimum atomic E-state index is -3.17. The monoisotopic (exact) mass is 293 g/mol. The van der Waals surface area contributed by atoms with Gasteiger partial charge in [0.1, 0.15) is 0 Å². The topological polar surface area (TPSA) is 37.4 Å². The van der Waals surface area contributed by atoms with Crippen molar-refractivity contribution < 1.29 is 8.42 Å². The second kappa shape index (κ2) is 5.86. The molecule has 1 aliphatic carbocycles. The molecule has 1 unspecified atom stereocenters. The van der Waals surface area contributed by atoms with E-state index in [-0.39, 0.29) is 11.8 Å². The van der Waals surface area contributed by atoms with E-state index in [0.717, 1.165) is 24.9 Å². The lowest BCUT2D eigenvalue weighted by Gasteiger charge is -2.28. The summed E-state index contributed by atoms with van der Waals surface area (Å²) in [5.74, 6) is 0.750. The number of hydrogen-bond donors (Lipinski definition) is 0. The molecule has 1 aromatic carbocycles. The average molecular weight is 293 g/mol. The van der Waals surface area contributed by atoms with E-state index < -0.39 is 10.0 Å². The molecule has 1 atom stereocenters. The van der Waals surface area contributed by atoms with Crippen LogP contribution in [0.5, 0.6) is 0 Å². The fraction of sp³-hybridized carbons (Fsp3) is 0.625. The van der Waals surface area contributed by atoms with Crippen molar-refractivity contribution in [2.24, 2.45) is 5.92 Å². The molecule has 1 aliphatic heterocycles. The minimum absolute atomic E-state index is 0.150. The maximum Gasteiger partial charge on any atom is 0.218 e. The zero-order valence-electron chi connectivity index (χ0n) is 11.9. The molecule has 1 heterocycles. The molecular weight excluding hydrogens is 270 g/mol. The molecule has 3 nitrogen and oxygen atoms in total. The van der Waals surface area contributed by atoms with Gasteiger partial charge in [0, 0.05) is 12.6 Å². The molecule has 0 N–H and O–H groups in total. The third-order valence-corrected chi connectivity index (χ3v) is 6.61. The molecule has 1 aromatic rings. The zero-order chi connectivity index (χ0) is 14.0. The summed E-state index contributed by atoms with van der Waals surface area (Å²) < 4.78 is 27.2. The summed E-state index contributed by atoms with van der Waals surface area (Å²) >= 11 is 0. The van der Waals surface area contributed by atoms with Gasteiger partial charge in [0.05, 0.1) is 5.75 Å². The van der Waals surface area contributed by atoms with Gasteiger partial charge in [-0.25, -0.2) is 8.42 Å². The van der Waals surface area contributed by atoms with Crippen LogP contribution in [0.25, 0.3) is 0 Å². The molecule has 0 bridgehead atoms. The van der Waals surface area contributed by atoms with Gasteiger partial charge in [0.25, 0.3) is 0 Å². The summed E-state index contributed by atoms with van der Waals surface area (Å²) in [4.78, 5) is 0. The third-order valence-electron chi connectivity index (χ3n) is 4.74. The smallest absolute Gasteiger partial charge is 0.212 e. The van der Waals surface area contributed by atoms with Crippen LogP contribution in [0.4, 0.5) is 0 Å². The van der Waals surface area contributed by atoms with Crippen LogP contribution in [-0.2, 0) is 15.8 Å². The number of hydrogen-bond acceptors (Lipinski definition) is 2. The van der Waals surface area contributed by atoms with Gasteiger partial charge in [0.15, 0.2) is 0 Å². The summed E-state index contributed by atoms with van der Waals surface area (Å²) in [6.45, 7) is 0.719. The predicted octanol–water partition coefficient (Wildman–Crippen LogP) is 3.17. The first kappa shape index (κ1) is 14.1. The van der Waals surface area contributed by atoms with Gasteiger partial charge >= 0.3 is 0 Å². The molecule has 1 saturated heterocycles. The van der Waals surface area contributed by atoms with Crippen molar-refractivity contribution in [1.82, 2.24) is 4.31 Å². The first-order chi connectivity index (χ1) is 9.67. The summed E-state index contributed by atoms with van der Waals surface area (Å²) in [5, 5.41) is 0. The van der Waals surface area contributed by atoms with Gasteiger partial charge in [-0.05, 0) is 37.2 Å². The van der Waals surface area contributed by atoms with E-state index in [9.17, 15) is 8.42 Å². The standard InChI is InChI=1S/C16H23NO2S/c18-20(19,13-14-7-2-1-3-8-14)17-12-6-11-16(17)15-9-4-5-10-15/h1-3,7-8,15-16H,4-6,9-13H2. The lowest BCUT2D eigenvalue weighted by molar-refractivity contribution is 0.288. The van der Waals surface area contributed by atoms with Crippen LogP contribution in [0.1, 0.15) is 44.1 Å². The molecule has 1 saturated carbocycles. The zero-order valence-corrected chi connectivity index (χ0v) is 12.7. The highest BCUT2D eigenvalue weighted by molar-refractivity contribution is 7.88. The first-order valence-electron chi connectivity index (χ1n) is 7.70. The van der Waals surface area contributed by atoms with Crippen LogP contribution in [0.3, 0.4) is 0 Å². The Kier molecular flexibility index (Phi) is 4.13. The maximum absolute atomic E-state index is 12.7. The normalized spacial score (nSPS) is 25.3. The minimum Gasteiger partial charge on any atom is -0.212 e. The van der Waals surface area contributed by atoms with Crippen LogP contribution >= 0.6 is 0 Å².